The van der Waals surface area contributed by atoms with Gasteiger partial charge < -0.3 is 26.5 Å². The van der Waals surface area contributed by atoms with Crippen molar-refractivity contribution < 1.29 is 36.0 Å². The lowest BCUT2D eigenvalue weighted by atomic mass is 9.31. The van der Waals surface area contributed by atoms with Crippen molar-refractivity contribution in [2.45, 2.75) is 132 Å². The number of rotatable bonds is 10. The van der Waals surface area contributed by atoms with Crippen molar-refractivity contribution in [1.29, 1.82) is 0 Å². The van der Waals surface area contributed by atoms with Crippen LogP contribution in [0.3, 0.4) is 0 Å². The van der Waals surface area contributed by atoms with Crippen LogP contribution in [0.2, 0.25) is 0 Å². The van der Waals surface area contributed by atoms with E-state index < -0.39 is 7.26 Å². The SMILES string of the molecule is COC(=O)[C@]12CC[C@@H](C(C)C)[C@@H]1[C@H]1CC[C@@H]3[C@@]4(C)CC(CCC[P+](c5ccccc5)(c5ccccc5)c5ccccc5)[C@@H](OC(C)=O)C(C)(C)[C@@H]4CC[C@@]3(C)[C@]1(C)CC2.[Br-]. The Hall–Kier alpha value is -2.49. The molecule has 0 aromatic heterocycles. The highest BCUT2D eigenvalue weighted by molar-refractivity contribution is 7.95. The number of fused-ring (bicyclic) bond motifs is 7. The van der Waals surface area contributed by atoms with E-state index in [9.17, 15) is 9.59 Å². The van der Waals surface area contributed by atoms with Crippen LogP contribution in [0, 0.1) is 68.5 Å². The maximum atomic E-state index is 13.9. The van der Waals surface area contributed by atoms with Gasteiger partial charge in [-0.1, -0.05) is 103 Å². The highest BCUT2D eigenvalue weighted by Gasteiger charge is 2.73. The van der Waals surface area contributed by atoms with Gasteiger partial charge in [-0.25, -0.2) is 0 Å². The van der Waals surface area contributed by atoms with E-state index >= 15 is 0 Å². The molecule has 0 radical (unpaired) electrons. The van der Waals surface area contributed by atoms with Crippen LogP contribution in [0.1, 0.15) is 126 Å². The van der Waals surface area contributed by atoms with Crippen molar-refractivity contribution in [3.8, 4) is 0 Å². The van der Waals surface area contributed by atoms with Gasteiger partial charge >= 0.3 is 11.9 Å². The summed E-state index contributed by atoms with van der Waals surface area (Å²) in [6, 6.07) is 33.9. The third-order valence-corrected chi connectivity index (χ3v) is 23.4. The first kappa shape index (κ1) is 45.5. The number of methoxy groups -OCH3 is 1. The Morgan fingerprint density at radius 2 is 1.28 bits per heavy atom. The molecule has 5 fully saturated rings. The van der Waals surface area contributed by atoms with Crippen molar-refractivity contribution in [3.05, 3.63) is 91.0 Å². The standard InChI is InChI=1S/C54H74O4P.BrH/c1-37(2)43-29-32-54(49(56)57-9)34-33-52(7)44(47(43)54)27-28-46-51(6)36-39(48(58-38(3)55)50(4,5)45(51)30-31-53(46,52)8)20-19-35-59(40-21-13-10-14-22-40,41-23-15-11-16-24-41)42-25-17-12-18-26-42;/h10-18,21-26,37,39,43-48H,19-20,27-36H2,1-9H3;1H/q+1;/p-1/t39?,43-,44+,45-,46+,47+,48+,51-,52+,53+,54-;/m0./s1. The third kappa shape index (κ3) is 6.91. The average Bonchev–Trinajstić information content (AvgIpc) is 3.63. The molecule has 5 aliphatic rings. The molecule has 0 amide bonds. The van der Waals surface area contributed by atoms with Crippen molar-refractivity contribution in [1.82, 2.24) is 0 Å². The van der Waals surface area contributed by atoms with Crippen LogP contribution in [-0.4, -0.2) is 31.3 Å². The second kappa shape index (κ2) is 16.9. The highest BCUT2D eigenvalue weighted by Crippen LogP contribution is 2.78. The summed E-state index contributed by atoms with van der Waals surface area (Å²) >= 11 is 0. The fourth-order valence-corrected chi connectivity index (χ4v) is 20.8. The molecule has 3 aromatic carbocycles. The van der Waals surface area contributed by atoms with Gasteiger partial charge in [0.05, 0.1) is 18.7 Å². The first-order chi connectivity index (χ1) is 28.1. The summed E-state index contributed by atoms with van der Waals surface area (Å²) in [6.45, 7) is 19.4. The van der Waals surface area contributed by atoms with Crippen LogP contribution >= 0.6 is 7.26 Å². The van der Waals surface area contributed by atoms with E-state index in [1.807, 2.05) is 0 Å². The predicted octanol–water partition coefficient (Wildman–Crippen LogP) is 8.83. The molecule has 60 heavy (non-hydrogen) atoms. The zero-order chi connectivity index (χ0) is 42.0. The van der Waals surface area contributed by atoms with Crippen molar-refractivity contribution >= 4 is 35.1 Å². The van der Waals surface area contributed by atoms with Crippen molar-refractivity contribution in [2.75, 3.05) is 13.3 Å². The van der Waals surface area contributed by atoms with Crippen LogP contribution in [0.5, 0.6) is 0 Å². The molecule has 5 aliphatic carbocycles. The lowest BCUT2D eigenvalue weighted by Crippen LogP contribution is -3.00. The molecule has 0 saturated heterocycles. The number of benzene rings is 3. The normalized spacial score (nSPS) is 36.7. The number of hydrogen-bond donors (Lipinski definition) is 0. The van der Waals surface area contributed by atoms with Crippen LogP contribution < -0.4 is 32.9 Å². The molecule has 326 valence electrons. The minimum atomic E-state index is -1.98. The molecule has 0 aliphatic heterocycles. The summed E-state index contributed by atoms with van der Waals surface area (Å²) in [7, 11) is -0.356. The minimum absolute atomic E-state index is 0. The van der Waals surface area contributed by atoms with Gasteiger partial charge in [0.15, 0.2) is 0 Å². The summed E-state index contributed by atoms with van der Waals surface area (Å²) in [5.74, 6) is 3.37. The van der Waals surface area contributed by atoms with E-state index in [0.717, 1.165) is 51.1 Å². The number of carbonyl (C=O) groups is 2. The van der Waals surface area contributed by atoms with E-state index in [2.05, 4.69) is 139 Å². The Labute approximate surface area is 374 Å². The molecular weight excluding hydrogens is 823 g/mol. The first-order valence-corrected chi connectivity index (χ1v) is 25.4. The molecule has 0 spiro atoms. The number of halogens is 1. The largest absolute Gasteiger partial charge is 1.00 e. The molecule has 0 bridgehead atoms. The summed E-state index contributed by atoms with van der Waals surface area (Å²) < 4.78 is 12.2. The Morgan fingerprint density at radius 1 is 0.717 bits per heavy atom. The topological polar surface area (TPSA) is 52.6 Å². The molecular formula is C54H74BrO4P. The Morgan fingerprint density at radius 3 is 1.80 bits per heavy atom. The summed E-state index contributed by atoms with van der Waals surface area (Å²) in [5.41, 5.74) is 0.0106. The molecule has 0 heterocycles. The average molecular weight is 898 g/mol. The van der Waals surface area contributed by atoms with Gasteiger partial charge in [-0.15, -0.1) is 0 Å². The minimum Gasteiger partial charge on any atom is -1.00 e. The molecule has 6 heteroatoms. The summed E-state index contributed by atoms with van der Waals surface area (Å²) in [5, 5.41) is 4.30. The number of hydrogen-bond acceptors (Lipinski definition) is 4. The van der Waals surface area contributed by atoms with Crippen LogP contribution in [-0.2, 0) is 19.1 Å². The second-order valence-electron chi connectivity index (χ2n) is 21.8. The van der Waals surface area contributed by atoms with Gasteiger partial charge in [-0.05, 0) is 165 Å². The lowest BCUT2D eigenvalue weighted by molar-refractivity contribution is -0.261. The zero-order valence-electron chi connectivity index (χ0n) is 38.2. The molecule has 4 nitrogen and oxygen atoms in total. The van der Waals surface area contributed by atoms with E-state index in [0.29, 0.717) is 35.5 Å². The summed E-state index contributed by atoms with van der Waals surface area (Å²) in [6.07, 6.45) is 13.3. The smallest absolute Gasteiger partial charge is 0.312 e. The predicted molar refractivity (Wildman–Crippen MR) is 245 cm³/mol. The van der Waals surface area contributed by atoms with Gasteiger partial charge in [-0.3, -0.25) is 9.59 Å². The number of ether oxygens (including phenoxy) is 2. The quantitative estimate of drug-likeness (QED) is 0.151. The molecule has 11 atom stereocenters. The van der Waals surface area contributed by atoms with Gasteiger partial charge in [0.25, 0.3) is 0 Å². The first-order valence-electron chi connectivity index (χ1n) is 23.4. The Bertz CT molecular complexity index is 1870. The lowest BCUT2D eigenvalue weighted by Gasteiger charge is -2.73. The van der Waals surface area contributed by atoms with Crippen LogP contribution in [0.4, 0.5) is 0 Å². The van der Waals surface area contributed by atoms with Crippen LogP contribution in [0.25, 0.3) is 0 Å². The molecule has 0 N–H and O–H groups in total. The molecule has 1 unspecified atom stereocenters. The Balaban J connectivity index is 0.00000544. The third-order valence-electron chi connectivity index (χ3n) is 18.9. The number of carbonyl (C=O) groups excluding carboxylic acids is 2. The fourth-order valence-electron chi connectivity index (χ4n) is 16.5. The van der Waals surface area contributed by atoms with Gasteiger partial charge in [0.2, 0.25) is 0 Å². The van der Waals surface area contributed by atoms with Crippen LogP contribution in [0.15, 0.2) is 91.0 Å². The molecule has 8 rings (SSSR count). The maximum Gasteiger partial charge on any atom is 0.312 e. The van der Waals surface area contributed by atoms with Gasteiger partial charge in [0.1, 0.15) is 29.3 Å². The summed E-state index contributed by atoms with van der Waals surface area (Å²) in [4.78, 5) is 26.9. The molecule has 5 saturated carbocycles. The van der Waals surface area contributed by atoms with E-state index in [-0.39, 0.29) is 68.0 Å². The molecule has 3 aromatic rings. The maximum absolute atomic E-state index is 13.9. The zero-order valence-corrected chi connectivity index (χ0v) is 40.7. The monoisotopic (exact) mass is 896 g/mol. The van der Waals surface area contributed by atoms with E-state index in [4.69, 9.17) is 9.47 Å². The second-order valence-corrected chi connectivity index (χ2v) is 25.4. The van der Waals surface area contributed by atoms with Gasteiger partial charge in [0, 0.05) is 12.3 Å². The number of esters is 2. The van der Waals surface area contributed by atoms with E-state index in [1.54, 1.807) is 14.0 Å². The Kier molecular flexibility index (Phi) is 12.8. The van der Waals surface area contributed by atoms with Crippen molar-refractivity contribution in [3.63, 3.8) is 0 Å². The fraction of sp³-hybridized carbons (Fsp3) is 0.630. The van der Waals surface area contributed by atoms with Gasteiger partial charge in [-0.2, -0.15) is 0 Å². The van der Waals surface area contributed by atoms with Crippen molar-refractivity contribution in [2.24, 2.45) is 68.5 Å². The van der Waals surface area contributed by atoms with E-state index in [1.165, 1.54) is 41.6 Å². The highest BCUT2D eigenvalue weighted by atomic mass is 79.9.